The van der Waals surface area contributed by atoms with Gasteiger partial charge in [0.2, 0.25) is 0 Å². The minimum atomic E-state index is -0.272. The van der Waals surface area contributed by atoms with Gasteiger partial charge >= 0.3 is 6.03 Å². The van der Waals surface area contributed by atoms with Gasteiger partial charge in [-0.15, -0.1) is 0 Å². The lowest BCUT2D eigenvalue weighted by Crippen LogP contribution is -2.47. The van der Waals surface area contributed by atoms with Gasteiger partial charge in [0.15, 0.2) is 0 Å². The Hall–Kier alpha value is -1.70. The van der Waals surface area contributed by atoms with Crippen LogP contribution in [0.1, 0.15) is 30.9 Å². The number of hydrogen-bond donors (Lipinski definition) is 1. The first kappa shape index (κ1) is 20.0. The van der Waals surface area contributed by atoms with Crippen LogP contribution in [0.4, 0.5) is 9.18 Å². The highest BCUT2D eigenvalue weighted by molar-refractivity contribution is 5.74. The Bertz CT molecular complexity index is 591. The summed E-state index contributed by atoms with van der Waals surface area (Å²) in [4.78, 5) is 16.5. The Morgan fingerprint density at radius 3 is 2.74 bits per heavy atom. The van der Waals surface area contributed by atoms with Crippen LogP contribution in [0.2, 0.25) is 0 Å². The number of amides is 2. The molecule has 1 N–H and O–H groups in total. The van der Waals surface area contributed by atoms with Crippen LogP contribution in [0.3, 0.4) is 0 Å². The second-order valence-corrected chi connectivity index (χ2v) is 7.32. The van der Waals surface area contributed by atoms with E-state index in [4.69, 9.17) is 9.47 Å². The number of hydrogen-bond acceptors (Lipinski definition) is 4. The molecular formula is C20H30FN3O3. The summed E-state index contributed by atoms with van der Waals surface area (Å²) in [5, 5.41) is 2.96. The van der Waals surface area contributed by atoms with Gasteiger partial charge in [-0.1, -0.05) is 12.1 Å². The van der Waals surface area contributed by atoms with E-state index in [1.165, 1.54) is 12.1 Å². The number of morpholine rings is 1. The van der Waals surface area contributed by atoms with Crippen molar-refractivity contribution in [1.29, 1.82) is 0 Å². The molecule has 0 aromatic heterocycles. The number of ether oxygens (including phenoxy) is 2. The Morgan fingerprint density at radius 1 is 1.26 bits per heavy atom. The standard InChI is InChI=1S/C20H30FN3O3/c1-23-10-7-18(8-11-23)26-13-2-9-22-20(25)24-12-14-27-19(15-24)16-3-5-17(21)6-4-16/h3-6,18-19H,2,7-15H2,1H3,(H,22,25)/t19-/m0/s1. The molecule has 0 radical (unpaired) electrons. The Kier molecular flexibility index (Phi) is 7.43. The molecule has 27 heavy (non-hydrogen) atoms. The van der Waals surface area contributed by atoms with Crippen LogP contribution in [0.25, 0.3) is 0 Å². The van der Waals surface area contributed by atoms with Gasteiger partial charge in [-0.2, -0.15) is 0 Å². The number of halogens is 1. The van der Waals surface area contributed by atoms with Crippen molar-refractivity contribution in [3.8, 4) is 0 Å². The molecule has 0 spiro atoms. The van der Waals surface area contributed by atoms with Crippen molar-refractivity contribution >= 4 is 6.03 Å². The average Bonchev–Trinajstić information content (AvgIpc) is 2.69. The molecule has 0 bridgehead atoms. The molecule has 2 fully saturated rings. The molecule has 7 heteroatoms. The third kappa shape index (κ3) is 6.16. The first-order chi connectivity index (χ1) is 13.1. The zero-order valence-electron chi connectivity index (χ0n) is 16.0. The SMILES string of the molecule is CN1CCC(OCCCNC(=O)N2CCO[C@H](c3ccc(F)cc3)C2)CC1. The number of likely N-dealkylation sites (tertiary alicyclic amines) is 1. The van der Waals surface area contributed by atoms with Gasteiger partial charge in [-0.05, 0) is 44.0 Å². The second-order valence-electron chi connectivity index (χ2n) is 7.32. The van der Waals surface area contributed by atoms with Crippen molar-refractivity contribution in [2.24, 2.45) is 0 Å². The van der Waals surface area contributed by atoms with Crippen molar-refractivity contribution in [2.45, 2.75) is 31.5 Å². The number of carbonyl (C=O) groups excluding carboxylic acids is 1. The molecule has 3 rings (SSSR count). The first-order valence-electron chi connectivity index (χ1n) is 9.82. The molecule has 2 saturated heterocycles. The minimum absolute atomic E-state index is 0.0790. The van der Waals surface area contributed by atoms with E-state index in [1.807, 2.05) is 0 Å². The monoisotopic (exact) mass is 379 g/mol. The average molecular weight is 379 g/mol. The van der Waals surface area contributed by atoms with Gasteiger partial charge in [-0.3, -0.25) is 0 Å². The van der Waals surface area contributed by atoms with Crippen LogP contribution in [0.5, 0.6) is 0 Å². The van der Waals surface area contributed by atoms with E-state index in [0.717, 1.165) is 37.9 Å². The van der Waals surface area contributed by atoms with Gasteiger partial charge in [0.05, 0.1) is 19.3 Å². The molecule has 2 amide bonds. The molecule has 2 aliphatic heterocycles. The van der Waals surface area contributed by atoms with E-state index in [0.29, 0.717) is 39.0 Å². The quantitative estimate of drug-likeness (QED) is 0.772. The Morgan fingerprint density at radius 2 is 2.00 bits per heavy atom. The topological polar surface area (TPSA) is 54.0 Å². The van der Waals surface area contributed by atoms with Crippen molar-refractivity contribution < 1.29 is 18.7 Å². The Balaban J connectivity index is 1.33. The van der Waals surface area contributed by atoms with Crippen molar-refractivity contribution in [3.63, 3.8) is 0 Å². The Labute approximate surface area is 160 Å². The summed E-state index contributed by atoms with van der Waals surface area (Å²) in [7, 11) is 2.14. The summed E-state index contributed by atoms with van der Waals surface area (Å²) >= 11 is 0. The fourth-order valence-electron chi connectivity index (χ4n) is 3.49. The van der Waals surface area contributed by atoms with E-state index < -0.39 is 0 Å². The van der Waals surface area contributed by atoms with Crippen LogP contribution in [-0.4, -0.2) is 74.9 Å². The highest BCUT2D eigenvalue weighted by atomic mass is 19.1. The van der Waals surface area contributed by atoms with E-state index in [2.05, 4.69) is 17.3 Å². The third-order valence-corrected chi connectivity index (χ3v) is 5.21. The summed E-state index contributed by atoms with van der Waals surface area (Å²) in [5.41, 5.74) is 0.889. The fourth-order valence-corrected chi connectivity index (χ4v) is 3.49. The van der Waals surface area contributed by atoms with Crippen LogP contribution < -0.4 is 5.32 Å². The predicted octanol–water partition coefficient (Wildman–Crippen LogP) is 2.41. The number of benzene rings is 1. The molecule has 6 nitrogen and oxygen atoms in total. The summed E-state index contributed by atoms with van der Waals surface area (Å²) in [6.45, 7) is 4.98. The van der Waals surface area contributed by atoms with Gasteiger partial charge in [0, 0.05) is 32.8 Å². The lowest BCUT2D eigenvalue weighted by Gasteiger charge is -2.33. The number of rotatable bonds is 6. The van der Waals surface area contributed by atoms with Gasteiger partial charge in [-0.25, -0.2) is 9.18 Å². The summed E-state index contributed by atoms with van der Waals surface area (Å²) in [6.07, 6.45) is 3.12. The van der Waals surface area contributed by atoms with E-state index >= 15 is 0 Å². The van der Waals surface area contributed by atoms with Crippen molar-refractivity contribution in [1.82, 2.24) is 15.1 Å². The zero-order chi connectivity index (χ0) is 19.1. The van der Waals surface area contributed by atoms with Crippen LogP contribution in [-0.2, 0) is 9.47 Å². The third-order valence-electron chi connectivity index (χ3n) is 5.21. The van der Waals surface area contributed by atoms with Crippen molar-refractivity contribution in [2.75, 3.05) is 53.0 Å². The molecule has 0 saturated carbocycles. The van der Waals surface area contributed by atoms with Crippen LogP contribution in [0, 0.1) is 5.82 Å². The molecule has 2 heterocycles. The predicted molar refractivity (Wildman–Crippen MR) is 101 cm³/mol. The van der Waals surface area contributed by atoms with Crippen LogP contribution in [0.15, 0.2) is 24.3 Å². The normalized spacial score (nSPS) is 22.0. The lowest BCUT2D eigenvalue weighted by atomic mass is 10.1. The summed E-state index contributed by atoms with van der Waals surface area (Å²) < 4.78 is 24.7. The molecule has 150 valence electrons. The molecule has 0 aliphatic carbocycles. The maximum Gasteiger partial charge on any atom is 0.317 e. The lowest BCUT2D eigenvalue weighted by molar-refractivity contribution is -0.0157. The molecule has 1 aromatic rings. The molecule has 0 unspecified atom stereocenters. The number of piperidine rings is 1. The van der Waals surface area contributed by atoms with E-state index in [-0.39, 0.29) is 18.0 Å². The molecule has 1 atom stereocenters. The van der Waals surface area contributed by atoms with Crippen LogP contribution >= 0.6 is 0 Å². The van der Waals surface area contributed by atoms with E-state index in [9.17, 15) is 9.18 Å². The first-order valence-corrected chi connectivity index (χ1v) is 9.82. The smallest absolute Gasteiger partial charge is 0.317 e. The molecule has 1 aromatic carbocycles. The second kappa shape index (κ2) is 10.0. The molecule has 2 aliphatic rings. The zero-order valence-corrected chi connectivity index (χ0v) is 16.0. The highest BCUT2D eigenvalue weighted by Gasteiger charge is 2.25. The maximum absolute atomic E-state index is 13.1. The largest absolute Gasteiger partial charge is 0.378 e. The summed E-state index contributed by atoms with van der Waals surface area (Å²) in [6, 6.07) is 6.18. The highest BCUT2D eigenvalue weighted by Crippen LogP contribution is 2.22. The van der Waals surface area contributed by atoms with Crippen molar-refractivity contribution in [3.05, 3.63) is 35.6 Å². The number of urea groups is 1. The molecular weight excluding hydrogens is 349 g/mol. The van der Waals surface area contributed by atoms with E-state index in [1.54, 1.807) is 17.0 Å². The van der Waals surface area contributed by atoms with Gasteiger partial charge in [0.1, 0.15) is 11.9 Å². The maximum atomic E-state index is 13.1. The van der Waals surface area contributed by atoms with Gasteiger partial charge in [0.25, 0.3) is 0 Å². The summed E-state index contributed by atoms with van der Waals surface area (Å²) in [5.74, 6) is -0.272. The number of nitrogens with one attached hydrogen (secondary N) is 1. The minimum Gasteiger partial charge on any atom is -0.378 e. The number of nitrogens with zero attached hydrogens (tertiary/aromatic N) is 2. The number of carbonyl (C=O) groups is 1. The fraction of sp³-hybridized carbons (Fsp3) is 0.650. The van der Waals surface area contributed by atoms with Gasteiger partial charge < -0.3 is 24.6 Å².